The molecular formula is C21H15F3O3. The van der Waals surface area contributed by atoms with Crippen LogP contribution in [0.15, 0.2) is 72.8 Å². The molecule has 0 amide bonds. The molecule has 3 aromatic rings. The molecule has 0 fully saturated rings. The summed E-state index contributed by atoms with van der Waals surface area (Å²) in [5, 5.41) is 0. The lowest BCUT2D eigenvalue weighted by Gasteiger charge is -2.13. The van der Waals surface area contributed by atoms with E-state index in [-0.39, 0.29) is 5.56 Å². The van der Waals surface area contributed by atoms with Crippen LogP contribution in [0, 0.1) is 0 Å². The van der Waals surface area contributed by atoms with Crippen LogP contribution in [-0.4, -0.2) is 12.6 Å². The lowest BCUT2D eigenvalue weighted by atomic mass is 10.0. The van der Waals surface area contributed by atoms with Gasteiger partial charge in [0.2, 0.25) is 0 Å². The number of carbonyl (C=O) groups excluding carboxylic acids is 1. The fraction of sp³-hybridized carbons (Fsp3) is 0.0952. The highest BCUT2D eigenvalue weighted by molar-refractivity contribution is 5.82. The predicted octanol–water partition coefficient (Wildman–Crippen LogP) is 5.64. The van der Waals surface area contributed by atoms with Gasteiger partial charge >= 0.3 is 6.36 Å². The molecule has 0 bridgehead atoms. The van der Waals surface area contributed by atoms with E-state index in [0.29, 0.717) is 29.8 Å². The Hall–Kier alpha value is -3.28. The van der Waals surface area contributed by atoms with Crippen LogP contribution in [0.2, 0.25) is 0 Å². The van der Waals surface area contributed by atoms with E-state index in [1.165, 1.54) is 12.1 Å². The second kappa shape index (κ2) is 7.95. The van der Waals surface area contributed by atoms with Gasteiger partial charge < -0.3 is 9.47 Å². The number of benzene rings is 3. The first-order valence-corrected chi connectivity index (χ1v) is 8.07. The summed E-state index contributed by atoms with van der Waals surface area (Å²) in [5.74, 6) is 0.110. The Morgan fingerprint density at radius 1 is 0.852 bits per heavy atom. The summed E-state index contributed by atoms with van der Waals surface area (Å²) in [5.41, 5.74) is 2.03. The van der Waals surface area contributed by atoms with E-state index >= 15 is 0 Å². The van der Waals surface area contributed by atoms with Crippen molar-refractivity contribution in [2.24, 2.45) is 0 Å². The second-order valence-electron chi connectivity index (χ2n) is 5.72. The smallest absolute Gasteiger partial charge is 0.489 e. The summed E-state index contributed by atoms with van der Waals surface area (Å²) in [6, 6.07) is 20.6. The molecule has 0 heterocycles. The average Bonchev–Trinajstić information content (AvgIpc) is 2.66. The van der Waals surface area contributed by atoms with Crippen molar-refractivity contribution in [3.05, 3.63) is 83.9 Å². The maximum absolute atomic E-state index is 12.5. The van der Waals surface area contributed by atoms with Crippen molar-refractivity contribution >= 4 is 6.29 Å². The van der Waals surface area contributed by atoms with Crippen LogP contribution < -0.4 is 9.47 Å². The molecule has 0 radical (unpaired) electrons. The van der Waals surface area contributed by atoms with Crippen LogP contribution in [0.1, 0.15) is 15.9 Å². The Balaban J connectivity index is 1.76. The molecule has 0 atom stereocenters. The standard InChI is InChI=1S/C21H15F3O3/c22-21(23,24)27-20-12-17(6-7-18(20)13-25)16-8-10-19(11-9-16)26-14-15-4-2-1-3-5-15/h1-13H,14H2. The molecule has 0 aliphatic carbocycles. The van der Waals surface area contributed by atoms with Crippen LogP contribution in [0.5, 0.6) is 11.5 Å². The SMILES string of the molecule is O=Cc1ccc(-c2ccc(OCc3ccccc3)cc2)cc1OC(F)(F)F. The molecule has 6 heteroatoms. The predicted molar refractivity (Wildman–Crippen MR) is 94.7 cm³/mol. The maximum Gasteiger partial charge on any atom is 0.573 e. The third-order valence-electron chi connectivity index (χ3n) is 3.80. The molecule has 3 rings (SSSR count). The molecule has 0 aromatic heterocycles. The van der Waals surface area contributed by atoms with Crippen molar-refractivity contribution in [3.63, 3.8) is 0 Å². The Kier molecular flexibility index (Phi) is 5.45. The first kappa shape index (κ1) is 18.5. The van der Waals surface area contributed by atoms with E-state index in [9.17, 15) is 18.0 Å². The minimum absolute atomic E-state index is 0.168. The lowest BCUT2D eigenvalue weighted by Crippen LogP contribution is -2.18. The third kappa shape index (κ3) is 5.10. The first-order valence-electron chi connectivity index (χ1n) is 8.07. The first-order chi connectivity index (χ1) is 12.9. The van der Waals surface area contributed by atoms with Gasteiger partial charge in [-0.3, -0.25) is 4.79 Å². The van der Waals surface area contributed by atoms with Crippen molar-refractivity contribution < 1.29 is 27.4 Å². The number of hydrogen-bond acceptors (Lipinski definition) is 3. The molecule has 3 nitrogen and oxygen atoms in total. The number of ether oxygens (including phenoxy) is 2. The minimum Gasteiger partial charge on any atom is -0.489 e. The van der Waals surface area contributed by atoms with Crippen molar-refractivity contribution in [1.82, 2.24) is 0 Å². The Morgan fingerprint density at radius 2 is 1.52 bits per heavy atom. The Bertz CT molecular complexity index is 904. The van der Waals surface area contributed by atoms with Crippen molar-refractivity contribution in [1.29, 1.82) is 0 Å². The zero-order valence-corrected chi connectivity index (χ0v) is 14.1. The van der Waals surface area contributed by atoms with Gasteiger partial charge in [0.05, 0.1) is 5.56 Å². The Morgan fingerprint density at radius 3 is 2.15 bits per heavy atom. The molecule has 0 aliphatic rings. The van der Waals surface area contributed by atoms with E-state index in [2.05, 4.69) is 4.74 Å². The normalized spacial score (nSPS) is 11.1. The highest BCUT2D eigenvalue weighted by atomic mass is 19.4. The monoisotopic (exact) mass is 372 g/mol. The fourth-order valence-corrected chi connectivity index (χ4v) is 2.51. The summed E-state index contributed by atoms with van der Waals surface area (Å²) >= 11 is 0. The molecule has 138 valence electrons. The summed E-state index contributed by atoms with van der Waals surface area (Å²) < 4.78 is 47.2. The summed E-state index contributed by atoms with van der Waals surface area (Å²) in [7, 11) is 0. The topological polar surface area (TPSA) is 35.5 Å². The number of halogens is 3. The van der Waals surface area contributed by atoms with Crippen LogP contribution in [0.3, 0.4) is 0 Å². The highest BCUT2D eigenvalue weighted by Crippen LogP contribution is 2.31. The molecule has 0 N–H and O–H groups in total. The number of carbonyl (C=O) groups is 1. The van der Waals surface area contributed by atoms with Gasteiger partial charge in [0.15, 0.2) is 6.29 Å². The van der Waals surface area contributed by atoms with Crippen molar-refractivity contribution in [3.8, 4) is 22.6 Å². The molecule has 0 saturated carbocycles. The van der Waals surface area contributed by atoms with Gasteiger partial charge in [-0.25, -0.2) is 0 Å². The Labute approximate surface area is 154 Å². The van der Waals surface area contributed by atoms with Crippen LogP contribution >= 0.6 is 0 Å². The van der Waals surface area contributed by atoms with E-state index in [4.69, 9.17) is 4.74 Å². The van der Waals surface area contributed by atoms with E-state index < -0.39 is 12.1 Å². The number of hydrogen-bond donors (Lipinski definition) is 0. The molecule has 0 saturated heterocycles. The van der Waals surface area contributed by atoms with Crippen LogP contribution in [0.4, 0.5) is 13.2 Å². The van der Waals surface area contributed by atoms with Gasteiger partial charge in [-0.05, 0) is 41.0 Å². The molecule has 0 aliphatic heterocycles. The van der Waals surface area contributed by atoms with E-state index in [0.717, 1.165) is 5.56 Å². The summed E-state index contributed by atoms with van der Waals surface area (Å²) in [4.78, 5) is 10.9. The van der Waals surface area contributed by atoms with E-state index in [1.807, 2.05) is 30.3 Å². The molecule has 0 unspecified atom stereocenters. The number of aldehydes is 1. The number of rotatable bonds is 6. The maximum atomic E-state index is 12.5. The summed E-state index contributed by atoms with van der Waals surface area (Å²) in [6.07, 6.45) is -4.54. The van der Waals surface area contributed by atoms with Gasteiger partial charge in [0.25, 0.3) is 0 Å². The van der Waals surface area contributed by atoms with Crippen molar-refractivity contribution in [2.45, 2.75) is 13.0 Å². The molecule has 0 spiro atoms. The fourth-order valence-electron chi connectivity index (χ4n) is 2.51. The largest absolute Gasteiger partial charge is 0.573 e. The van der Waals surface area contributed by atoms with Gasteiger partial charge in [-0.2, -0.15) is 0 Å². The van der Waals surface area contributed by atoms with Crippen LogP contribution in [-0.2, 0) is 6.61 Å². The van der Waals surface area contributed by atoms with Crippen LogP contribution in [0.25, 0.3) is 11.1 Å². The van der Waals surface area contributed by atoms with Gasteiger partial charge in [-0.1, -0.05) is 48.5 Å². The van der Waals surface area contributed by atoms with E-state index in [1.54, 1.807) is 30.3 Å². The minimum atomic E-state index is -4.87. The highest BCUT2D eigenvalue weighted by Gasteiger charge is 2.32. The van der Waals surface area contributed by atoms with Gasteiger partial charge in [0, 0.05) is 0 Å². The number of alkyl halides is 3. The third-order valence-corrected chi connectivity index (χ3v) is 3.80. The van der Waals surface area contributed by atoms with Gasteiger partial charge in [0.1, 0.15) is 18.1 Å². The zero-order chi connectivity index (χ0) is 19.3. The zero-order valence-electron chi connectivity index (χ0n) is 14.1. The lowest BCUT2D eigenvalue weighted by molar-refractivity contribution is -0.274. The quantitative estimate of drug-likeness (QED) is 0.525. The van der Waals surface area contributed by atoms with Crippen molar-refractivity contribution in [2.75, 3.05) is 0 Å². The second-order valence-corrected chi connectivity index (χ2v) is 5.72. The molecular weight excluding hydrogens is 357 g/mol. The average molecular weight is 372 g/mol. The summed E-state index contributed by atoms with van der Waals surface area (Å²) in [6.45, 7) is 0.414. The molecule has 27 heavy (non-hydrogen) atoms. The molecule has 3 aromatic carbocycles. The van der Waals surface area contributed by atoms with Gasteiger partial charge in [-0.15, -0.1) is 13.2 Å².